The zero-order valence-corrected chi connectivity index (χ0v) is 20.9. The minimum atomic E-state index is -0.497. The van der Waals surface area contributed by atoms with E-state index >= 15 is 0 Å². The zero-order chi connectivity index (χ0) is 21.0. The molecule has 0 bridgehead atoms. The zero-order valence-electron chi connectivity index (χ0n) is 18.5. The van der Waals surface area contributed by atoms with E-state index in [1.54, 1.807) is 0 Å². The number of nitrogens with one attached hydrogen (secondary N) is 3. The summed E-state index contributed by atoms with van der Waals surface area (Å²) in [5.41, 5.74) is 0.544. The van der Waals surface area contributed by atoms with Crippen molar-refractivity contribution in [3.05, 3.63) is 23.9 Å². The van der Waals surface area contributed by atoms with Crippen LogP contribution in [-0.2, 0) is 11.3 Å². The topological polar surface area (TPSA) is 90.9 Å². The number of aromatic nitrogens is 1. The lowest BCUT2D eigenvalue weighted by Gasteiger charge is -2.20. The van der Waals surface area contributed by atoms with Gasteiger partial charge >= 0.3 is 6.09 Å². The molecule has 0 aliphatic rings. The van der Waals surface area contributed by atoms with E-state index in [9.17, 15) is 4.79 Å². The summed E-state index contributed by atoms with van der Waals surface area (Å²) in [5.74, 6) is 1.68. The summed E-state index contributed by atoms with van der Waals surface area (Å²) in [5, 5.41) is 9.11. The second kappa shape index (κ2) is 14.2. The fraction of sp³-hybridized carbons (Fsp3) is 0.650. The molecule has 1 aromatic rings. The van der Waals surface area contributed by atoms with Crippen LogP contribution in [0, 0.1) is 0 Å². The normalized spacial score (nSPS) is 11.3. The fourth-order valence-electron chi connectivity index (χ4n) is 2.42. The molecule has 1 heterocycles. The Kier molecular flexibility index (Phi) is 13.4. The first-order valence-corrected chi connectivity index (χ1v) is 9.97. The molecule has 0 radical (unpaired) electrons. The first-order valence-electron chi connectivity index (χ1n) is 9.97. The average Bonchev–Trinajstić information content (AvgIpc) is 2.63. The van der Waals surface area contributed by atoms with Crippen molar-refractivity contribution in [1.82, 2.24) is 20.9 Å². The summed E-state index contributed by atoms with van der Waals surface area (Å²) in [4.78, 5) is 22.9. The summed E-state index contributed by atoms with van der Waals surface area (Å²) >= 11 is 0. The van der Waals surface area contributed by atoms with Crippen molar-refractivity contribution in [2.24, 2.45) is 4.99 Å². The van der Waals surface area contributed by atoms with Crippen LogP contribution in [0.15, 0.2) is 23.3 Å². The number of amides is 1. The molecule has 0 unspecified atom stereocenters. The van der Waals surface area contributed by atoms with Crippen molar-refractivity contribution >= 4 is 41.8 Å². The molecular weight excluding hydrogens is 483 g/mol. The molecule has 1 rings (SSSR count). The van der Waals surface area contributed by atoms with Crippen LogP contribution < -0.4 is 20.9 Å². The van der Waals surface area contributed by atoms with Crippen molar-refractivity contribution in [1.29, 1.82) is 0 Å². The number of hydrogen-bond acceptors (Lipinski definition) is 5. The van der Waals surface area contributed by atoms with Crippen LogP contribution in [0.2, 0.25) is 0 Å². The Morgan fingerprint density at radius 1 is 1.10 bits per heavy atom. The van der Waals surface area contributed by atoms with Crippen LogP contribution in [0.4, 0.5) is 10.6 Å². The van der Waals surface area contributed by atoms with Crippen molar-refractivity contribution in [3.8, 4) is 0 Å². The SMILES string of the molecule is CCNC(=NCc1ccc(N(CC)CC)nc1)NCCNC(=O)OC(C)(C)C.I. The highest BCUT2D eigenvalue weighted by Gasteiger charge is 2.15. The molecule has 29 heavy (non-hydrogen) atoms. The number of hydrogen-bond donors (Lipinski definition) is 3. The molecule has 0 spiro atoms. The first-order chi connectivity index (χ1) is 13.3. The van der Waals surface area contributed by atoms with E-state index < -0.39 is 11.7 Å². The fourth-order valence-corrected chi connectivity index (χ4v) is 2.42. The highest BCUT2D eigenvalue weighted by molar-refractivity contribution is 14.0. The number of pyridine rings is 1. The maximum absolute atomic E-state index is 11.6. The van der Waals surface area contributed by atoms with Crippen molar-refractivity contribution < 1.29 is 9.53 Å². The number of carbonyl (C=O) groups excluding carboxylic acids is 1. The maximum atomic E-state index is 11.6. The molecule has 0 atom stereocenters. The molecule has 8 nitrogen and oxygen atoms in total. The predicted octanol–water partition coefficient (Wildman–Crippen LogP) is 3.13. The van der Waals surface area contributed by atoms with Crippen LogP contribution in [0.1, 0.15) is 47.1 Å². The summed E-state index contributed by atoms with van der Waals surface area (Å²) in [6.45, 7) is 15.9. The van der Waals surface area contributed by atoms with Gasteiger partial charge in [-0.1, -0.05) is 6.07 Å². The third-order valence-corrected chi connectivity index (χ3v) is 3.75. The van der Waals surface area contributed by atoms with Gasteiger partial charge in [0.15, 0.2) is 5.96 Å². The van der Waals surface area contributed by atoms with E-state index in [0.29, 0.717) is 25.6 Å². The summed E-state index contributed by atoms with van der Waals surface area (Å²) in [7, 11) is 0. The van der Waals surface area contributed by atoms with Gasteiger partial charge in [0, 0.05) is 38.9 Å². The van der Waals surface area contributed by atoms with Gasteiger partial charge in [-0.15, -0.1) is 24.0 Å². The Balaban J connectivity index is 0.00000784. The molecule has 0 fully saturated rings. The molecule has 0 saturated carbocycles. The van der Waals surface area contributed by atoms with E-state index in [0.717, 1.165) is 31.0 Å². The molecule has 166 valence electrons. The number of alkyl carbamates (subject to hydrolysis) is 1. The van der Waals surface area contributed by atoms with E-state index in [1.165, 1.54) is 0 Å². The van der Waals surface area contributed by atoms with Gasteiger partial charge in [-0.25, -0.2) is 14.8 Å². The standard InChI is InChI=1S/C20H36N6O2.HI/c1-7-21-18(22-12-13-23-19(27)28-20(4,5)6)25-15-16-10-11-17(24-14-16)26(8-2)9-3;/h10-11,14H,7-9,12-13,15H2,1-6H3,(H,23,27)(H2,21,22,25);1H. The van der Waals surface area contributed by atoms with Crippen LogP contribution in [0.25, 0.3) is 0 Å². The van der Waals surface area contributed by atoms with Gasteiger partial charge in [-0.3, -0.25) is 0 Å². The molecule has 1 amide bonds. The quantitative estimate of drug-likeness (QED) is 0.201. The van der Waals surface area contributed by atoms with Crippen LogP contribution >= 0.6 is 24.0 Å². The molecule has 3 N–H and O–H groups in total. The Morgan fingerprint density at radius 2 is 1.76 bits per heavy atom. The summed E-state index contributed by atoms with van der Waals surface area (Å²) < 4.78 is 5.21. The lowest BCUT2D eigenvalue weighted by atomic mass is 10.2. The first kappa shape index (κ1) is 27.2. The Bertz CT molecular complexity index is 612. The minimum absolute atomic E-state index is 0. The third-order valence-electron chi connectivity index (χ3n) is 3.75. The molecule has 0 aliphatic heterocycles. The van der Waals surface area contributed by atoms with Gasteiger partial charge in [-0.2, -0.15) is 0 Å². The number of ether oxygens (including phenoxy) is 1. The number of halogens is 1. The molecule has 0 aliphatic carbocycles. The number of aliphatic imine (C=N–C) groups is 1. The lowest BCUT2D eigenvalue weighted by molar-refractivity contribution is 0.0529. The van der Waals surface area contributed by atoms with Crippen LogP contribution in [0.3, 0.4) is 0 Å². The summed E-state index contributed by atoms with van der Waals surface area (Å²) in [6.07, 6.45) is 1.45. The number of guanidine groups is 1. The monoisotopic (exact) mass is 520 g/mol. The molecule has 1 aromatic heterocycles. The lowest BCUT2D eigenvalue weighted by Crippen LogP contribution is -2.42. The van der Waals surface area contributed by atoms with Gasteiger partial charge in [-0.05, 0) is 53.2 Å². The van der Waals surface area contributed by atoms with E-state index in [1.807, 2.05) is 40.0 Å². The third kappa shape index (κ3) is 11.7. The average molecular weight is 520 g/mol. The van der Waals surface area contributed by atoms with Crippen molar-refractivity contribution in [2.45, 2.75) is 53.7 Å². The van der Waals surface area contributed by atoms with Crippen molar-refractivity contribution in [2.75, 3.05) is 37.6 Å². The van der Waals surface area contributed by atoms with Gasteiger partial charge < -0.3 is 25.6 Å². The summed E-state index contributed by atoms with van der Waals surface area (Å²) in [6, 6.07) is 4.08. The molecular formula is C20H37IN6O2. The van der Waals surface area contributed by atoms with Gasteiger partial charge in [0.25, 0.3) is 0 Å². The molecule has 0 saturated heterocycles. The number of anilines is 1. The Labute approximate surface area is 192 Å². The molecule has 0 aromatic carbocycles. The van der Waals surface area contributed by atoms with E-state index in [2.05, 4.69) is 50.7 Å². The number of rotatable bonds is 9. The van der Waals surface area contributed by atoms with E-state index in [-0.39, 0.29) is 24.0 Å². The second-order valence-electron chi connectivity index (χ2n) is 7.25. The van der Waals surface area contributed by atoms with Gasteiger partial charge in [0.1, 0.15) is 11.4 Å². The van der Waals surface area contributed by atoms with Crippen LogP contribution in [-0.4, -0.2) is 55.4 Å². The van der Waals surface area contributed by atoms with E-state index in [4.69, 9.17) is 4.74 Å². The maximum Gasteiger partial charge on any atom is 0.407 e. The number of nitrogens with zero attached hydrogens (tertiary/aromatic N) is 3. The van der Waals surface area contributed by atoms with Gasteiger partial charge in [0.05, 0.1) is 6.54 Å². The Morgan fingerprint density at radius 3 is 2.28 bits per heavy atom. The predicted molar refractivity (Wildman–Crippen MR) is 130 cm³/mol. The van der Waals surface area contributed by atoms with Crippen molar-refractivity contribution in [3.63, 3.8) is 0 Å². The largest absolute Gasteiger partial charge is 0.444 e. The smallest absolute Gasteiger partial charge is 0.407 e. The van der Waals surface area contributed by atoms with Crippen LogP contribution in [0.5, 0.6) is 0 Å². The second-order valence-corrected chi connectivity index (χ2v) is 7.25. The van der Waals surface area contributed by atoms with Gasteiger partial charge in [0.2, 0.25) is 0 Å². The molecule has 9 heteroatoms. The Hall–Kier alpha value is -1.78. The number of carbonyl (C=O) groups is 1. The highest BCUT2D eigenvalue weighted by Crippen LogP contribution is 2.11. The minimum Gasteiger partial charge on any atom is -0.444 e. The highest BCUT2D eigenvalue weighted by atomic mass is 127.